The third-order valence-electron chi connectivity index (χ3n) is 3.43. The highest BCUT2D eigenvalue weighted by Crippen LogP contribution is 2.28. The number of nitrogens with zero attached hydrogens (tertiary/aromatic N) is 2. The SMILES string of the molecule is O=C(O)/C=C\c1nc(Cc2c(Cl)cccc2Cl)c2ccccn12. The number of carboxylic acid groups (broad SMARTS) is 1. The van der Waals surface area contributed by atoms with Crippen molar-refractivity contribution in [2.75, 3.05) is 0 Å². The maximum Gasteiger partial charge on any atom is 0.328 e. The standard InChI is InChI=1S/C17H12Cl2N2O2/c18-12-4-3-5-13(19)11(12)10-14-15-6-1-2-9-21(15)16(20-14)7-8-17(22)23/h1-9H,10H2,(H,22,23)/b8-7-. The van der Waals surface area contributed by atoms with Gasteiger partial charge in [0.05, 0.1) is 11.2 Å². The Morgan fingerprint density at radius 1 is 1.17 bits per heavy atom. The first-order valence-corrected chi connectivity index (χ1v) is 7.61. The normalized spacial score (nSPS) is 11.4. The summed E-state index contributed by atoms with van der Waals surface area (Å²) >= 11 is 12.5. The van der Waals surface area contributed by atoms with Gasteiger partial charge in [-0.25, -0.2) is 9.78 Å². The molecule has 0 unspecified atom stereocenters. The van der Waals surface area contributed by atoms with Crippen LogP contribution >= 0.6 is 23.2 Å². The first kappa shape index (κ1) is 15.6. The van der Waals surface area contributed by atoms with E-state index in [9.17, 15) is 4.79 Å². The number of carbonyl (C=O) groups is 1. The van der Waals surface area contributed by atoms with Gasteiger partial charge in [0.2, 0.25) is 0 Å². The number of halogens is 2. The number of carboxylic acids is 1. The average Bonchev–Trinajstić information content (AvgIpc) is 2.87. The van der Waals surface area contributed by atoms with Gasteiger partial charge in [-0.1, -0.05) is 35.3 Å². The molecule has 4 nitrogen and oxygen atoms in total. The molecule has 1 N–H and O–H groups in total. The van der Waals surface area contributed by atoms with Gasteiger partial charge in [-0.2, -0.15) is 0 Å². The second-order valence-electron chi connectivity index (χ2n) is 4.92. The van der Waals surface area contributed by atoms with Crippen molar-refractivity contribution in [2.24, 2.45) is 0 Å². The van der Waals surface area contributed by atoms with E-state index in [-0.39, 0.29) is 0 Å². The van der Waals surface area contributed by atoms with Gasteiger partial charge in [0.15, 0.2) is 0 Å². The predicted molar refractivity (Wildman–Crippen MR) is 91.1 cm³/mol. The molecule has 0 atom stereocenters. The summed E-state index contributed by atoms with van der Waals surface area (Å²) in [6.45, 7) is 0. The van der Waals surface area contributed by atoms with Crippen molar-refractivity contribution in [3.05, 3.63) is 75.8 Å². The Morgan fingerprint density at radius 2 is 1.91 bits per heavy atom. The number of fused-ring (bicyclic) bond motifs is 1. The van der Waals surface area contributed by atoms with Gasteiger partial charge in [-0.15, -0.1) is 0 Å². The van der Waals surface area contributed by atoms with Gasteiger partial charge in [-0.05, 0) is 35.9 Å². The van der Waals surface area contributed by atoms with Gasteiger partial charge < -0.3 is 5.11 Å². The molecule has 0 amide bonds. The quantitative estimate of drug-likeness (QED) is 0.715. The highest BCUT2D eigenvalue weighted by atomic mass is 35.5. The summed E-state index contributed by atoms with van der Waals surface area (Å²) in [7, 11) is 0. The van der Waals surface area contributed by atoms with E-state index in [4.69, 9.17) is 28.3 Å². The summed E-state index contributed by atoms with van der Waals surface area (Å²) in [6.07, 6.45) is 4.83. The molecule has 23 heavy (non-hydrogen) atoms. The highest BCUT2D eigenvalue weighted by Gasteiger charge is 2.13. The van der Waals surface area contributed by atoms with Crippen molar-refractivity contribution in [1.82, 2.24) is 9.38 Å². The topological polar surface area (TPSA) is 54.6 Å². The summed E-state index contributed by atoms with van der Waals surface area (Å²) in [5.74, 6) is -0.477. The number of imidazole rings is 1. The molecular weight excluding hydrogens is 335 g/mol. The molecule has 0 saturated heterocycles. The van der Waals surface area contributed by atoms with Crippen LogP contribution in [0.25, 0.3) is 11.6 Å². The molecule has 6 heteroatoms. The number of pyridine rings is 1. The molecular formula is C17H12Cl2N2O2. The summed E-state index contributed by atoms with van der Waals surface area (Å²) in [5, 5.41) is 9.96. The molecule has 0 fully saturated rings. The van der Waals surface area contributed by atoms with E-state index in [1.807, 2.05) is 28.8 Å². The van der Waals surface area contributed by atoms with E-state index in [1.165, 1.54) is 6.08 Å². The highest BCUT2D eigenvalue weighted by molar-refractivity contribution is 6.36. The molecule has 0 aliphatic rings. The van der Waals surface area contributed by atoms with Crippen LogP contribution in [0.3, 0.4) is 0 Å². The van der Waals surface area contributed by atoms with Crippen LogP contribution in [0.1, 0.15) is 17.1 Å². The molecule has 2 aromatic heterocycles. The van der Waals surface area contributed by atoms with Gasteiger partial charge in [-0.3, -0.25) is 4.40 Å². The lowest BCUT2D eigenvalue weighted by atomic mass is 10.1. The predicted octanol–water partition coefficient (Wildman–Crippen LogP) is 4.33. The summed E-state index contributed by atoms with van der Waals surface area (Å²) in [5.41, 5.74) is 2.47. The number of hydrogen-bond donors (Lipinski definition) is 1. The lowest BCUT2D eigenvalue weighted by Crippen LogP contribution is -1.92. The van der Waals surface area contributed by atoms with Crippen molar-refractivity contribution >= 4 is 40.8 Å². The fourth-order valence-corrected chi connectivity index (χ4v) is 2.92. The maximum absolute atomic E-state index is 10.7. The Labute approximate surface area is 142 Å². The number of aromatic nitrogens is 2. The van der Waals surface area contributed by atoms with Gasteiger partial charge in [0.1, 0.15) is 5.82 Å². The number of rotatable bonds is 4. The van der Waals surface area contributed by atoms with Gasteiger partial charge in [0, 0.05) is 28.7 Å². The second kappa shape index (κ2) is 6.44. The van der Waals surface area contributed by atoms with Crippen LogP contribution in [0.5, 0.6) is 0 Å². The molecule has 3 rings (SSSR count). The first-order valence-electron chi connectivity index (χ1n) is 6.86. The van der Waals surface area contributed by atoms with Crippen LogP contribution < -0.4 is 0 Å². The molecule has 1 aromatic carbocycles. The van der Waals surface area contributed by atoms with Crippen LogP contribution in [0.2, 0.25) is 10.0 Å². The van der Waals surface area contributed by atoms with Crippen molar-refractivity contribution in [3.8, 4) is 0 Å². The van der Waals surface area contributed by atoms with Crippen molar-refractivity contribution in [1.29, 1.82) is 0 Å². The molecule has 0 saturated carbocycles. The zero-order valence-electron chi connectivity index (χ0n) is 11.9. The van der Waals surface area contributed by atoms with E-state index in [0.717, 1.165) is 22.9 Å². The summed E-state index contributed by atoms with van der Waals surface area (Å²) < 4.78 is 1.83. The van der Waals surface area contributed by atoms with Crippen molar-refractivity contribution < 1.29 is 9.90 Å². The third-order valence-corrected chi connectivity index (χ3v) is 4.14. The first-order chi connectivity index (χ1) is 11.1. The van der Waals surface area contributed by atoms with Gasteiger partial charge in [0.25, 0.3) is 0 Å². The number of benzene rings is 1. The zero-order chi connectivity index (χ0) is 16.4. The Balaban J connectivity index is 2.09. The minimum atomic E-state index is -1.02. The van der Waals surface area contributed by atoms with Crippen LogP contribution in [-0.2, 0) is 11.2 Å². The minimum Gasteiger partial charge on any atom is -0.478 e. The van der Waals surface area contributed by atoms with E-state index in [2.05, 4.69) is 4.98 Å². The van der Waals surface area contributed by atoms with Crippen molar-refractivity contribution in [3.63, 3.8) is 0 Å². The lowest BCUT2D eigenvalue weighted by Gasteiger charge is -2.05. The van der Waals surface area contributed by atoms with Crippen LogP contribution in [-0.4, -0.2) is 20.5 Å². The molecule has 0 spiro atoms. The summed E-state index contributed by atoms with van der Waals surface area (Å²) in [6, 6.07) is 11.0. The third kappa shape index (κ3) is 3.23. The van der Waals surface area contributed by atoms with E-state index >= 15 is 0 Å². The van der Waals surface area contributed by atoms with E-state index in [0.29, 0.717) is 22.3 Å². The van der Waals surface area contributed by atoms with Gasteiger partial charge >= 0.3 is 5.97 Å². The molecule has 3 aromatic rings. The fourth-order valence-electron chi connectivity index (χ4n) is 2.39. The summed E-state index contributed by atoms with van der Waals surface area (Å²) in [4.78, 5) is 15.3. The molecule has 0 bridgehead atoms. The molecule has 0 radical (unpaired) electrons. The minimum absolute atomic E-state index is 0.465. The number of hydrogen-bond acceptors (Lipinski definition) is 2. The Bertz CT molecular complexity index is 896. The number of aliphatic carboxylic acids is 1. The average molecular weight is 347 g/mol. The molecule has 0 aliphatic carbocycles. The molecule has 116 valence electrons. The van der Waals surface area contributed by atoms with E-state index in [1.54, 1.807) is 18.2 Å². The van der Waals surface area contributed by atoms with Crippen LogP contribution in [0.15, 0.2) is 48.7 Å². The Hall–Kier alpha value is -2.30. The second-order valence-corrected chi connectivity index (χ2v) is 5.74. The molecule has 0 aliphatic heterocycles. The smallest absolute Gasteiger partial charge is 0.328 e. The fraction of sp³-hybridized carbons (Fsp3) is 0.0588. The Kier molecular flexibility index (Phi) is 4.37. The van der Waals surface area contributed by atoms with Crippen LogP contribution in [0.4, 0.5) is 0 Å². The van der Waals surface area contributed by atoms with E-state index < -0.39 is 5.97 Å². The van der Waals surface area contributed by atoms with Crippen LogP contribution in [0, 0.1) is 0 Å². The Morgan fingerprint density at radius 3 is 2.61 bits per heavy atom. The maximum atomic E-state index is 10.7. The zero-order valence-corrected chi connectivity index (χ0v) is 13.4. The van der Waals surface area contributed by atoms with Crippen molar-refractivity contribution in [2.45, 2.75) is 6.42 Å². The largest absolute Gasteiger partial charge is 0.478 e. The molecule has 2 heterocycles. The lowest BCUT2D eigenvalue weighted by molar-refractivity contribution is -0.131. The monoisotopic (exact) mass is 346 g/mol.